The Labute approximate surface area is 181 Å². The van der Waals surface area contributed by atoms with E-state index in [1.54, 1.807) is 12.3 Å². The van der Waals surface area contributed by atoms with Gasteiger partial charge in [-0.2, -0.15) is 13.2 Å². The number of hydrogen-bond donors (Lipinski definition) is 1. The van der Waals surface area contributed by atoms with Gasteiger partial charge in [-0.1, -0.05) is 6.07 Å². The van der Waals surface area contributed by atoms with Crippen molar-refractivity contribution in [2.24, 2.45) is 7.05 Å². The van der Waals surface area contributed by atoms with Crippen LogP contribution in [-0.2, 0) is 26.1 Å². The zero-order chi connectivity index (χ0) is 22.5. The van der Waals surface area contributed by atoms with Crippen LogP contribution in [0.25, 0.3) is 27.7 Å². The highest BCUT2D eigenvalue weighted by Gasteiger charge is 2.34. The number of alkyl halides is 3. The van der Waals surface area contributed by atoms with Gasteiger partial charge in [0, 0.05) is 61.3 Å². The van der Waals surface area contributed by atoms with Crippen LogP contribution in [0, 0.1) is 0 Å². The van der Waals surface area contributed by atoms with Gasteiger partial charge in [0.2, 0.25) is 5.82 Å². The Balaban J connectivity index is 1.52. The number of nitrogens with one attached hydrogen (secondary N) is 1. The molecule has 9 heteroatoms. The summed E-state index contributed by atoms with van der Waals surface area (Å²) in [6, 6.07) is 9.02. The molecule has 6 nitrogen and oxygen atoms in total. The molecule has 0 saturated carbocycles. The molecule has 164 valence electrons. The average molecular weight is 439 g/mol. The normalized spacial score (nSPS) is 14.4. The molecule has 0 radical (unpaired) electrons. The van der Waals surface area contributed by atoms with E-state index in [2.05, 4.69) is 25.9 Å². The zero-order valence-electron chi connectivity index (χ0n) is 17.3. The molecular weight excluding hydrogens is 419 g/mol. The molecule has 0 unspecified atom stereocenters. The number of benzene rings is 1. The molecule has 1 aliphatic heterocycles. The Bertz CT molecular complexity index is 1370. The second-order valence-corrected chi connectivity index (χ2v) is 7.85. The first-order valence-corrected chi connectivity index (χ1v) is 10.3. The van der Waals surface area contributed by atoms with Crippen LogP contribution in [0.15, 0.2) is 53.7 Å². The summed E-state index contributed by atoms with van der Waals surface area (Å²) in [5.41, 5.74) is 4.97. The molecule has 0 aliphatic carbocycles. The van der Waals surface area contributed by atoms with Gasteiger partial charge in [-0.3, -0.25) is 9.36 Å². The van der Waals surface area contributed by atoms with Crippen LogP contribution < -0.4 is 10.9 Å². The van der Waals surface area contributed by atoms with Gasteiger partial charge in [-0.25, -0.2) is 9.97 Å². The number of halogens is 3. The Kier molecular flexibility index (Phi) is 4.85. The third-order valence-corrected chi connectivity index (χ3v) is 5.95. The van der Waals surface area contributed by atoms with Crippen molar-refractivity contribution in [3.8, 4) is 16.8 Å². The lowest BCUT2D eigenvalue weighted by atomic mass is 10.1. The van der Waals surface area contributed by atoms with Gasteiger partial charge in [0.05, 0.1) is 11.2 Å². The quantitative estimate of drug-likeness (QED) is 0.519. The first-order chi connectivity index (χ1) is 15.3. The monoisotopic (exact) mass is 439 g/mol. The number of aromatic nitrogens is 4. The van der Waals surface area contributed by atoms with E-state index >= 15 is 0 Å². The number of nitrogens with zero attached hydrogens (tertiary/aromatic N) is 4. The van der Waals surface area contributed by atoms with Crippen LogP contribution in [0.4, 0.5) is 13.2 Å². The second-order valence-electron chi connectivity index (χ2n) is 7.85. The molecule has 3 aromatic heterocycles. The number of fused-ring (bicyclic) bond motifs is 3. The standard InChI is InChI=1S/C23H20F3N5O/c1-30-19-5-8-27-7-4-18(19)17-3-2-16(11-20(17)30)31-9-6-14(10-21(31)32)15-12-28-22(29-13-15)23(24,25)26/h2-3,6,9-13,27H,4-5,7-8H2,1H3. The maximum atomic E-state index is 12.8. The minimum Gasteiger partial charge on any atom is -0.347 e. The number of pyridine rings is 1. The van der Waals surface area contributed by atoms with Crippen molar-refractivity contribution in [3.05, 3.63) is 76.4 Å². The van der Waals surface area contributed by atoms with Crippen LogP contribution in [-0.4, -0.2) is 32.2 Å². The molecule has 4 heterocycles. The van der Waals surface area contributed by atoms with E-state index < -0.39 is 12.0 Å². The van der Waals surface area contributed by atoms with Crippen molar-refractivity contribution in [1.82, 2.24) is 24.4 Å². The molecule has 5 rings (SSSR count). The predicted octanol–water partition coefficient (Wildman–Crippen LogP) is 3.49. The first-order valence-electron chi connectivity index (χ1n) is 10.3. The third kappa shape index (κ3) is 3.48. The third-order valence-electron chi connectivity index (χ3n) is 5.95. The second kappa shape index (κ2) is 7.59. The summed E-state index contributed by atoms with van der Waals surface area (Å²) in [7, 11) is 2.05. The maximum Gasteiger partial charge on any atom is 0.451 e. The van der Waals surface area contributed by atoms with Crippen molar-refractivity contribution in [1.29, 1.82) is 0 Å². The summed E-state index contributed by atoms with van der Waals surface area (Å²) in [6.07, 6.45) is 1.09. The lowest BCUT2D eigenvalue weighted by Gasteiger charge is -2.09. The molecule has 1 N–H and O–H groups in total. The van der Waals surface area contributed by atoms with Crippen molar-refractivity contribution in [2.75, 3.05) is 13.1 Å². The first kappa shape index (κ1) is 20.4. The highest BCUT2D eigenvalue weighted by atomic mass is 19.4. The number of hydrogen-bond acceptors (Lipinski definition) is 4. The molecule has 0 atom stereocenters. The van der Waals surface area contributed by atoms with Crippen molar-refractivity contribution >= 4 is 10.9 Å². The summed E-state index contributed by atoms with van der Waals surface area (Å²) in [5, 5.41) is 4.62. The smallest absolute Gasteiger partial charge is 0.347 e. The molecule has 4 aromatic rings. The Hall–Kier alpha value is -3.46. The molecule has 32 heavy (non-hydrogen) atoms. The van der Waals surface area contributed by atoms with E-state index in [9.17, 15) is 18.0 Å². The molecule has 0 spiro atoms. The van der Waals surface area contributed by atoms with Gasteiger partial charge in [0.25, 0.3) is 5.56 Å². The van der Waals surface area contributed by atoms with Crippen LogP contribution in [0.5, 0.6) is 0 Å². The van der Waals surface area contributed by atoms with Gasteiger partial charge in [-0.15, -0.1) is 0 Å². The van der Waals surface area contributed by atoms with Crippen molar-refractivity contribution in [3.63, 3.8) is 0 Å². The topological polar surface area (TPSA) is 64.7 Å². The average Bonchev–Trinajstić information content (AvgIpc) is 2.93. The fourth-order valence-electron chi connectivity index (χ4n) is 4.34. The summed E-state index contributed by atoms with van der Waals surface area (Å²) < 4.78 is 41.8. The fraction of sp³-hybridized carbons (Fsp3) is 0.261. The fourth-order valence-corrected chi connectivity index (χ4v) is 4.34. The highest BCUT2D eigenvalue weighted by Crippen LogP contribution is 2.29. The van der Waals surface area contributed by atoms with Gasteiger partial charge >= 0.3 is 6.18 Å². The van der Waals surface area contributed by atoms with E-state index in [0.717, 1.165) is 49.5 Å². The van der Waals surface area contributed by atoms with Gasteiger partial charge in [0.1, 0.15) is 0 Å². The Morgan fingerprint density at radius 3 is 2.47 bits per heavy atom. The molecule has 1 aliphatic rings. The molecule has 1 aromatic carbocycles. The minimum atomic E-state index is -4.60. The van der Waals surface area contributed by atoms with Crippen molar-refractivity contribution in [2.45, 2.75) is 19.0 Å². The highest BCUT2D eigenvalue weighted by molar-refractivity contribution is 5.87. The van der Waals surface area contributed by atoms with Gasteiger partial charge < -0.3 is 9.88 Å². The van der Waals surface area contributed by atoms with Gasteiger partial charge in [-0.05, 0) is 42.3 Å². The maximum absolute atomic E-state index is 12.8. The van der Waals surface area contributed by atoms with Gasteiger partial charge in [0.15, 0.2) is 0 Å². The molecule has 0 bridgehead atoms. The molecule has 0 fully saturated rings. The van der Waals surface area contributed by atoms with Crippen LogP contribution >= 0.6 is 0 Å². The van der Waals surface area contributed by atoms with Crippen LogP contribution in [0.2, 0.25) is 0 Å². The Morgan fingerprint density at radius 2 is 1.75 bits per heavy atom. The summed E-state index contributed by atoms with van der Waals surface area (Å²) >= 11 is 0. The predicted molar refractivity (Wildman–Crippen MR) is 115 cm³/mol. The minimum absolute atomic E-state index is 0.290. The lowest BCUT2D eigenvalue weighted by Crippen LogP contribution is -2.17. The molecule has 0 saturated heterocycles. The summed E-state index contributed by atoms with van der Waals surface area (Å²) in [5.74, 6) is -1.21. The Morgan fingerprint density at radius 1 is 1.00 bits per heavy atom. The molecule has 0 amide bonds. The largest absolute Gasteiger partial charge is 0.451 e. The van der Waals surface area contributed by atoms with E-state index in [0.29, 0.717) is 11.1 Å². The SMILES string of the molecule is Cn1c2c(c3ccc(-n4ccc(-c5cnc(C(F)(F)F)nc5)cc4=O)cc31)CCNCC2. The summed E-state index contributed by atoms with van der Waals surface area (Å²) in [6.45, 7) is 1.89. The van der Waals surface area contributed by atoms with E-state index in [1.807, 2.05) is 19.2 Å². The van der Waals surface area contributed by atoms with E-state index in [4.69, 9.17) is 0 Å². The summed E-state index contributed by atoms with van der Waals surface area (Å²) in [4.78, 5) is 19.6. The number of aryl methyl sites for hydroxylation is 1. The van der Waals surface area contributed by atoms with E-state index in [-0.39, 0.29) is 5.56 Å². The van der Waals surface area contributed by atoms with E-state index in [1.165, 1.54) is 27.3 Å². The lowest BCUT2D eigenvalue weighted by molar-refractivity contribution is -0.144. The molecular formula is C23H20F3N5O. The van der Waals surface area contributed by atoms with Crippen LogP contribution in [0.1, 0.15) is 17.1 Å². The van der Waals surface area contributed by atoms with Crippen LogP contribution in [0.3, 0.4) is 0 Å². The number of rotatable bonds is 2. The van der Waals surface area contributed by atoms with Crippen molar-refractivity contribution < 1.29 is 13.2 Å². The zero-order valence-corrected chi connectivity index (χ0v) is 17.3.